The summed E-state index contributed by atoms with van der Waals surface area (Å²) in [5.74, 6) is 0.707. The molecule has 3 heterocycles. The number of hydrogen-bond donors (Lipinski definition) is 2. The maximum atomic E-state index is 12.8. The number of aromatic amines is 1. The number of anilines is 1. The van der Waals surface area contributed by atoms with Gasteiger partial charge in [0.2, 0.25) is 0 Å². The number of urea groups is 1. The van der Waals surface area contributed by atoms with E-state index in [0.29, 0.717) is 29.5 Å². The van der Waals surface area contributed by atoms with Crippen LogP contribution >= 0.6 is 11.6 Å². The quantitative estimate of drug-likeness (QED) is 0.493. The molecule has 2 N–H and O–H groups in total. The summed E-state index contributed by atoms with van der Waals surface area (Å²) in [6, 6.07) is 13.0. The van der Waals surface area contributed by atoms with Crippen LogP contribution in [0, 0.1) is 0 Å². The Morgan fingerprint density at radius 1 is 1.24 bits per heavy atom. The lowest BCUT2D eigenvalue weighted by Gasteiger charge is -2.27. The highest BCUT2D eigenvalue weighted by atomic mass is 35.5. The van der Waals surface area contributed by atoms with E-state index in [1.807, 2.05) is 47.5 Å². The highest BCUT2D eigenvalue weighted by molar-refractivity contribution is 6.31. The van der Waals surface area contributed by atoms with Gasteiger partial charge in [-0.3, -0.25) is 4.98 Å². The Kier molecular flexibility index (Phi) is 4.28. The standard InChI is InChI=1S/C22H19ClN4O2/c1-29-15-4-2-3-14(10-15)25-22(28)27-8-7-19-18(12-27)17-11-24-20-9-13(23)5-6-16(20)21(17)26-19/h2-6,9-11,26H,7-8,12H2,1H3,(H,25,28). The molecule has 1 aliphatic heterocycles. The van der Waals surface area contributed by atoms with Gasteiger partial charge in [0.15, 0.2) is 0 Å². The van der Waals surface area contributed by atoms with Crippen molar-refractivity contribution in [1.82, 2.24) is 14.9 Å². The number of fused-ring (bicyclic) bond motifs is 5. The molecule has 0 radical (unpaired) electrons. The SMILES string of the molecule is COc1cccc(NC(=O)N2CCc3[nH]c4c(cnc5cc(Cl)ccc54)c3C2)c1. The number of halogens is 1. The second-order valence-electron chi connectivity index (χ2n) is 7.12. The number of pyridine rings is 1. The van der Waals surface area contributed by atoms with E-state index in [0.717, 1.165) is 39.5 Å². The third-order valence-corrected chi connectivity index (χ3v) is 5.62. The summed E-state index contributed by atoms with van der Waals surface area (Å²) in [5, 5.41) is 5.71. The maximum absolute atomic E-state index is 12.8. The summed E-state index contributed by atoms with van der Waals surface area (Å²) in [6.07, 6.45) is 2.64. The summed E-state index contributed by atoms with van der Waals surface area (Å²) in [7, 11) is 1.61. The van der Waals surface area contributed by atoms with Crippen LogP contribution in [-0.4, -0.2) is 34.6 Å². The number of benzene rings is 2. The van der Waals surface area contributed by atoms with Crippen LogP contribution in [0.4, 0.5) is 10.5 Å². The molecule has 0 saturated carbocycles. The number of hydrogen-bond acceptors (Lipinski definition) is 3. The van der Waals surface area contributed by atoms with E-state index in [9.17, 15) is 4.79 Å². The van der Waals surface area contributed by atoms with Crippen LogP contribution in [0.3, 0.4) is 0 Å². The van der Waals surface area contributed by atoms with Crippen LogP contribution in [0.15, 0.2) is 48.7 Å². The summed E-state index contributed by atoms with van der Waals surface area (Å²) in [5.41, 5.74) is 4.90. The molecule has 7 heteroatoms. The first-order chi connectivity index (χ1) is 14.1. The molecule has 0 spiro atoms. The predicted molar refractivity (Wildman–Crippen MR) is 115 cm³/mol. The predicted octanol–water partition coefficient (Wildman–Crippen LogP) is 4.97. The molecular weight excluding hydrogens is 388 g/mol. The number of nitrogens with zero attached hydrogens (tertiary/aromatic N) is 2. The van der Waals surface area contributed by atoms with Crippen LogP contribution in [0.2, 0.25) is 5.02 Å². The molecule has 0 atom stereocenters. The molecule has 2 amide bonds. The van der Waals surface area contributed by atoms with E-state index >= 15 is 0 Å². The number of methoxy groups -OCH3 is 1. The van der Waals surface area contributed by atoms with Gasteiger partial charge in [-0.15, -0.1) is 0 Å². The van der Waals surface area contributed by atoms with Gasteiger partial charge in [-0.05, 0) is 30.3 Å². The number of ether oxygens (including phenoxy) is 1. The average Bonchev–Trinajstić information content (AvgIpc) is 3.11. The lowest BCUT2D eigenvalue weighted by Crippen LogP contribution is -2.38. The summed E-state index contributed by atoms with van der Waals surface area (Å²) < 4.78 is 5.22. The van der Waals surface area contributed by atoms with Crippen molar-refractivity contribution in [2.75, 3.05) is 19.0 Å². The minimum atomic E-state index is -0.126. The molecule has 146 valence electrons. The highest BCUT2D eigenvalue weighted by Gasteiger charge is 2.25. The third-order valence-electron chi connectivity index (χ3n) is 5.39. The van der Waals surface area contributed by atoms with Crippen molar-refractivity contribution in [3.8, 4) is 5.75 Å². The van der Waals surface area contributed by atoms with Gasteiger partial charge in [0, 0.05) is 64.5 Å². The minimum Gasteiger partial charge on any atom is -0.497 e. The van der Waals surface area contributed by atoms with E-state index in [2.05, 4.69) is 15.3 Å². The second kappa shape index (κ2) is 6.97. The number of nitrogens with one attached hydrogen (secondary N) is 2. The van der Waals surface area contributed by atoms with Crippen molar-refractivity contribution in [3.63, 3.8) is 0 Å². The molecule has 5 rings (SSSR count). The van der Waals surface area contributed by atoms with Gasteiger partial charge >= 0.3 is 6.03 Å². The maximum Gasteiger partial charge on any atom is 0.322 e. The molecule has 2 aromatic carbocycles. The highest BCUT2D eigenvalue weighted by Crippen LogP contribution is 2.32. The Morgan fingerprint density at radius 2 is 2.14 bits per heavy atom. The van der Waals surface area contributed by atoms with E-state index in [1.165, 1.54) is 0 Å². The molecule has 1 aliphatic rings. The molecule has 0 fully saturated rings. The van der Waals surface area contributed by atoms with Crippen molar-refractivity contribution >= 4 is 45.1 Å². The van der Waals surface area contributed by atoms with Gasteiger partial charge in [0.1, 0.15) is 5.75 Å². The molecule has 0 bridgehead atoms. The lowest BCUT2D eigenvalue weighted by atomic mass is 10.0. The van der Waals surface area contributed by atoms with Gasteiger partial charge in [0.05, 0.1) is 18.1 Å². The molecule has 0 saturated heterocycles. The fourth-order valence-corrected chi connectivity index (χ4v) is 4.07. The van der Waals surface area contributed by atoms with Crippen LogP contribution in [0.5, 0.6) is 5.75 Å². The van der Waals surface area contributed by atoms with Crippen molar-refractivity contribution in [2.45, 2.75) is 13.0 Å². The number of aromatic nitrogens is 2. The molecule has 2 aromatic heterocycles. The number of H-pyrrole nitrogens is 1. The van der Waals surface area contributed by atoms with Crippen LogP contribution in [0.25, 0.3) is 21.8 Å². The Hall–Kier alpha value is -3.25. The first-order valence-corrected chi connectivity index (χ1v) is 9.78. The van der Waals surface area contributed by atoms with Crippen LogP contribution in [-0.2, 0) is 13.0 Å². The second-order valence-corrected chi connectivity index (χ2v) is 7.56. The van der Waals surface area contributed by atoms with Gasteiger partial charge in [-0.25, -0.2) is 4.79 Å². The zero-order valence-corrected chi connectivity index (χ0v) is 16.6. The van der Waals surface area contributed by atoms with E-state index in [1.54, 1.807) is 13.2 Å². The first kappa shape index (κ1) is 17.8. The number of amides is 2. The largest absolute Gasteiger partial charge is 0.497 e. The lowest BCUT2D eigenvalue weighted by molar-refractivity contribution is 0.206. The van der Waals surface area contributed by atoms with Gasteiger partial charge < -0.3 is 19.9 Å². The molecule has 6 nitrogen and oxygen atoms in total. The molecule has 0 unspecified atom stereocenters. The molecule has 0 aliphatic carbocycles. The Labute approximate surface area is 172 Å². The summed E-state index contributed by atoms with van der Waals surface area (Å²) >= 11 is 6.10. The fourth-order valence-electron chi connectivity index (χ4n) is 3.91. The number of carbonyl (C=O) groups is 1. The zero-order valence-electron chi connectivity index (χ0n) is 15.8. The number of rotatable bonds is 2. The van der Waals surface area contributed by atoms with Crippen molar-refractivity contribution in [1.29, 1.82) is 0 Å². The zero-order chi connectivity index (χ0) is 20.0. The van der Waals surface area contributed by atoms with E-state index in [4.69, 9.17) is 16.3 Å². The van der Waals surface area contributed by atoms with E-state index < -0.39 is 0 Å². The first-order valence-electron chi connectivity index (χ1n) is 9.40. The third kappa shape index (κ3) is 3.15. The monoisotopic (exact) mass is 406 g/mol. The van der Waals surface area contributed by atoms with Gasteiger partial charge in [-0.2, -0.15) is 0 Å². The Balaban J connectivity index is 1.44. The van der Waals surface area contributed by atoms with Crippen LogP contribution in [0.1, 0.15) is 11.3 Å². The Morgan fingerprint density at radius 3 is 3.00 bits per heavy atom. The van der Waals surface area contributed by atoms with Gasteiger partial charge in [-0.1, -0.05) is 17.7 Å². The molecule has 29 heavy (non-hydrogen) atoms. The topological polar surface area (TPSA) is 70.2 Å². The Bertz CT molecular complexity index is 1250. The summed E-state index contributed by atoms with van der Waals surface area (Å²) in [4.78, 5) is 22.8. The van der Waals surface area contributed by atoms with Crippen molar-refractivity contribution < 1.29 is 9.53 Å². The number of carbonyl (C=O) groups excluding carboxylic acids is 1. The molecular formula is C22H19ClN4O2. The van der Waals surface area contributed by atoms with Crippen LogP contribution < -0.4 is 10.1 Å². The average molecular weight is 407 g/mol. The van der Waals surface area contributed by atoms with Gasteiger partial charge in [0.25, 0.3) is 0 Å². The van der Waals surface area contributed by atoms with E-state index in [-0.39, 0.29) is 6.03 Å². The van der Waals surface area contributed by atoms with Crippen molar-refractivity contribution in [3.05, 3.63) is 64.9 Å². The summed E-state index contributed by atoms with van der Waals surface area (Å²) in [6.45, 7) is 1.18. The fraction of sp³-hybridized carbons (Fsp3) is 0.182. The normalized spacial score (nSPS) is 13.5. The van der Waals surface area contributed by atoms with Crippen molar-refractivity contribution in [2.24, 2.45) is 0 Å². The minimum absolute atomic E-state index is 0.126. The molecule has 4 aromatic rings. The smallest absolute Gasteiger partial charge is 0.322 e.